The van der Waals surface area contributed by atoms with E-state index in [1.807, 2.05) is 37.8 Å². The SMILES string of the molecule is CC(C)C1=C(C(=O)O)SC2=N[C@@](C)(c3ccc(Cl)cc3F)[C@@H](c3ccc(Cl)cc3)N21. The van der Waals surface area contributed by atoms with Crippen molar-refractivity contribution in [2.75, 3.05) is 0 Å². The Kier molecular flexibility index (Phi) is 5.37. The second-order valence-corrected chi connectivity index (χ2v) is 9.62. The lowest BCUT2D eigenvalue weighted by atomic mass is 9.81. The van der Waals surface area contributed by atoms with Gasteiger partial charge in [0.25, 0.3) is 0 Å². The monoisotopic (exact) mass is 464 g/mol. The standard InChI is InChI=1S/C22H19Cl2FN2O2S/c1-11(2)17-18(20(28)29)30-21-26-22(3,15-9-8-14(24)10-16(15)25)19(27(17)21)12-4-6-13(23)7-5-12/h4-11,19H,1-3H3,(H,28,29)/t19-,22+/m1/s1. The van der Waals surface area contributed by atoms with E-state index in [0.29, 0.717) is 26.5 Å². The molecule has 2 aromatic carbocycles. The third-order valence-corrected chi connectivity index (χ3v) is 6.96. The second kappa shape index (κ2) is 7.59. The van der Waals surface area contributed by atoms with Gasteiger partial charge in [0, 0.05) is 21.3 Å². The molecular formula is C22H19Cl2FN2O2S. The number of fused-ring (bicyclic) bond motifs is 1. The fourth-order valence-electron chi connectivity index (χ4n) is 4.16. The highest BCUT2D eigenvalue weighted by molar-refractivity contribution is 8.18. The van der Waals surface area contributed by atoms with Crippen molar-refractivity contribution in [3.8, 4) is 0 Å². The fraction of sp³-hybridized carbons (Fsp3) is 0.273. The summed E-state index contributed by atoms with van der Waals surface area (Å²) in [6.45, 7) is 5.75. The Morgan fingerprint density at radius 3 is 2.40 bits per heavy atom. The van der Waals surface area contributed by atoms with Gasteiger partial charge in [-0.1, -0.05) is 55.2 Å². The third kappa shape index (κ3) is 3.31. The summed E-state index contributed by atoms with van der Waals surface area (Å²) in [6.07, 6.45) is 0. The number of nitrogens with zero attached hydrogens (tertiary/aromatic N) is 2. The normalized spacial score (nSPS) is 23.2. The van der Waals surface area contributed by atoms with Gasteiger partial charge in [0.15, 0.2) is 5.17 Å². The van der Waals surface area contributed by atoms with Gasteiger partial charge in [0.1, 0.15) is 16.3 Å². The van der Waals surface area contributed by atoms with Crippen molar-refractivity contribution < 1.29 is 14.3 Å². The molecule has 0 radical (unpaired) electrons. The van der Waals surface area contributed by atoms with Crippen molar-refractivity contribution >= 4 is 46.1 Å². The van der Waals surface area contributed by atoms with Crippen LogP contribution in [0.5, 0.6) is 0 Å². The Morgan fingerprint density at radius 1 is 1.20 bits per heavy atom. The number of thioether (sulfide) groups is 1. The molecule has 0 aromatic heterocycles. The highest BCUT2D eigenvalue weighted by Crippen LogP contribution is 2.56. The van der Waals surface area contributed by atoms with E-state index in [0.717, 1.165) is 17.3 Å². The Hall–Kier alpha value is -2.02. The van der Waals surface area contributed by atoms with Gasteiger partial charge < -0.3 is 10.0 Å². The number of hydrogen-bond donors (Lipinski definition) is 1. The van der Waals surface area contributed by atoms with E-state index in [2.05, 4.69) is 0 Å². The van der Waals surface area contributed by atoms with Crippen LogP contribution in [0.4, 0.5) is 4.39 Å². The van der Waals surface area contributed by atoms with Crippen molar-refractivity contribution in [2.24, 2.45) is 10.9 Å². The second-order valence-electron chi connectivity index (χ2n) is 7.77. The van der Waals surface area contributed by atoms with Gasteiger partial charge in [-0.05, 0) is 54.4 Å². The Morgan fingerprint density at radius 2 is 1.83 bits per heavy atom. The van der Waals surface area contributed by atoms with E-state index in [4.69, 9.17) is 28.2 Å². The van der Waals surface area contributed by atoms with Crippen LogP contribution in [-0.2, 0) is 10.3 Å². The van der Waals surface area contributed by atoms with Gasteiger partial charge in [-0.2, -0.15) is 0 Å². The third-order valence-electron chi connectivity index (χ3n) is 5.41. The van der Waals surface area contributed by atoms with Gasteiger partial charge in [-0.25, -0.2) is 14.2 Å². The molecule has 0 bridgehead atoms. The lowest BCUT2D eigenvalue weighted by Gasteiger charge is -2.37. The maximum Gasteiger partial charge on any atom is 0.344 e. The summed E-state index contributed by atoms with van der Waals surface area (Å²) in [5.41, 5.74) is 0.939. The smallest absolute Gasteiger partial charge is 0.344 e. The molecule has 156 valence electrons. The van der Waals surface area contributed by atoms with E-state index in [-0.39, 0.29) is 10.8 Å². The van der Waals surface area contributed by atoms with Crippen LogP contribution in [0.15, 0.2) is 58.1 Å². The first kappa shape index (κ1) is 21.2. The zero-order chi connectivity index (χ0) is 21.8. The van der Waals surface area contributed by atoms with E-state index >= 15 is 4.39 Å². The summed E-state index contributed by atoms with van der Waals surface area (Å²) in [4.78, 5) is 19.0. The minimum absolute atomic E-state index is 0.0662. The number of aliphatic carboxylic acids is 1. The number of amidine groups is 1. The van der Waals surface area contributed by atoms with Crippen LogP contribution in [0, 0.1) is 11.7 Å². The molecule has 0 aliphatic carbocycles. The molecule has 2 heterocycles. The van der Waals surface area contributed by atoms with Gasteiger partial charge in [0.2, 0.25) is 0 Å². The molecular weight excluding hydrogens is 446 g/mol. The van der Waals surface area contributed by atoms with Gasteiger partial charge >= 0.3 is 5.97 Å². The van der Waals surface area contributed by atoms with Crippen LogP contribution in [0.1, 0.15) is 37.9 Å². The molecule has 4 nitrogen and oxygen atoms in total. The summed E-state index contributed by atoms with van der Waals surface area (Å²) in [5, 5.41) is 11.2. The van der Waals surface area contributed by atoms with Gasteiger partial charge in [0.05, 0.1) is 6.04 Å². The molecule has 0 saturated heterocycles. The minimum Gasteiger partial charge on any atom is -0.477 e. The molecule has 0 fully saturated rings. The zero-order valence-corrected chi connectivity index (χ0v) is 18.8. The summed E-state index contributed by atoms with van der Waals surface area (Å²) in [6, 6.07) is 11.4. The molecule has 1 N–H and O–H groups in total. The van der Waals surface area contributed by atoms with Gasteiger partial charge in [-0.15, -0.1) is 0 Å². The number of carboxylic acids is 1. The van der Waals surface area contributed by atoms with Crippen LogP contribution in [-0.4, -0.2) is 21.1 Å². The average molecular weight is 465 g/mol. The molecule has 2 aromatic rings. The van der Waals surface area contributed by atoms with Crippen molar-refractivity contribution in [2.45, 2.75) is 32.4 Å². The first-order valence-electron chi connectivity index (χ1n) is 9.39. The molecule has 0 saturated carbocycles. The maximum atomic E-state index is 15.0. The van der Waals surface area contributed by atoms with Crippen LogP contribution >= 0.6 is 35.0 Å². The van der Waals surface area contributed by atoms with E-state index in [1.165, 1.54) is 6.07 Å². The highest BCUT2D eigenvalue weighted by atomic mass is 35.5. The predicted molar refractivity (Wildman–Crippen MR) is 119 cm³/mol. The number of carbonyl (C=O) groups is 1. The van der Waals surface area contributed by atoms with Crippen molar-refractivity contribution in [3.05, 3.63) is 80.1 Å². The zero-order valence-electron chi connectivity index (χ0n) is 16.5. The number of benzene rings is 2. The summed E-state index contributed by atoms with van der Waals surface area (Å²) in [7, 11) is 0. The lowest BCUT2D eigenvalue weighted by Crippen LogP contribution is -2.36. The number of aliphatic imine (C=N–C) groups is 1. The molecule has 30 heavy (non-hydrogen) atoms. The van der Waals surface area contributed by atoms with E-state index < -0.39 is 23.4 Å². The number of halogens is 3. The van der Waals surface area contributed by atoms with Crippen LogP contribution in [0.2, 0.25) is 10.0 Å². The summed E-state index contributed by atoms with van der Waals surface area (Å²) < 4.78 is 15.0. The Bertz CT molecular complexity index is 1100. The lowest BCUT2D eigenvalue weighted by molar-refractivity contribution is -0.131. The Labute approximate surface area is 188 Å². The van der Waals surface area contributed by atoms with E-state index in [1.54, 1.807) is 24.3 Å². The largest absolute Gasteiger partial charge is 0.477 e. The molecule has 0 amide bonds. The number of hydrogen-bond acceptors (Lipinski definition) is 4. The minimum atomic E-state index is -0.991. The summed E-state index contributed by atoms with van der Waals surface area (Å²) in [5.74, 6) is -1.51. The first-order valence-corrected chi connectivity index (χ1v) is 11.0. The van der Waals surface area contributed by atoms with Gasteiger partial charge in [-0.3, -0.25) is 0 Å². The Balaban J connectivity index is 1.95. The molecule has 4 rings (SSSR count). The quantitative estimate of drug-likeness (QED) is 0.563. The highest BCUT2D eigenvalue weighted by Gasteiger charge is 2.53. The van der Waals surface area contributed by atoms with E-state index in [9.17, 15) is 9.90 Å². The number of rotatable bonds is 4. The van der Waals surface area contributed by atoms with Crippen molar-refractivity contribution in [1.82, 2.24) is 4.90 Å². The van der Waals surface area contributed by atoms with Crippen LogP contribution < -0.4 is 0 Å². The molecule has 2 atom stereocenters. The first-order chi connectivity index (χ1) is 14.1. The maximum absolute atomic E-state index is 15.0. The van der Waals surface area contributed by atoms with Crippen LogP contribution in [0.25, 0.3) is 0 Å². The predicted octanol–water partition coefficient (Wildman–Crippen LogP) is 6.46. The van der Waals surface area contributed by atoms with Crippen molar-refractivity contribution in [3.63, 3.8) is 0 Å². The average Bonchev–Trinajstić information content (AvgIpc) is 3.15. The molecule has 2 aliphatic rings. The topological polar surface area (TPSA) is 52.9 Å². The number of allylic oxidation sites excluding steroid dienone is 1. The van der Waals surface area contributed by atoms with Crippen molar-refractivity contribution in [1.29, 1.82) is 0 Å². The summed E-state index contributed by atoms with van der Waals surface area (Å²) >= 11 is 13.2. The number of carboxylic acid groups (broad SMARTS) is 1. The fourth-order valence-corrected chi connectivity index (χ4v) is 5.69. The molecule has 2 aliphatic heterocycles. The molecule has 0 unspecified atom stereocenters. The molecule has 0 spiro atoms. The van der Waals surface area contributed by atoms with Crippen LogP contribution in [0.3, 0.4) is 0 Å². The molecule has 8 heteroatoms.